The highest BCUT2D eigenvalue weighted by Gasteiger charge is 2.22. The highest BCUT2D eigenvalue weighted by atomic mass is 16.5. The molecule has 0 radical (unpaired) electrons. The van der Waals surface area contributed by atoms with Gasteiger partial charge in [-0.05, 0) is 56.2 Å². The number of nitrogens with one attached hydrogen (secondary N) is 1. The molecule has 0 atom stereocenters. The van der Waals surface area contributed by atoms with Crippen LogP contribution in [0.5, 0.6) is 0 Å². The molecule has 0 aliphatic carbocycles. The summed E-state index contributed by atoms with van der Waals surface area (Å²) < 4.78 is 5.40. The van der Waals surface area contributed by atoms with Gasteiger partial charge < -0.3 is 15.0 Å². The van der Waals surface area contributed by atoms with Crippen LogP contribution in [0.15, 0.2) is 42.6 Å². The van der Waals surface area contributed by atoms with Crippen LogP contribution >= 0.6 is 0 Å². The molecular formula is C23H29N3O2. The molecule has 0 bridgehead atoms. The first-order valence-electron chi connectivity index (χ1n) is 9.78. The Bertz CT molecular complexity index is 816. The Labute approximate surface area is 167 Å². The van der Waals surface area contributed by atoms with E-state index in [0.717, 1.165) is 43.0 Å². The maximum Gasteiger partial charge on any atom is 0.311 e. The van der Waals surface area contributed by atoms with E-state index in [0.29, 0.717) is 0 Å². The molecule has 148 valence electrons. The number of carbonyl (C=O) groups excluding carboxylic acids is 1. The third-order valence-electron chi connectivity index (χ3n) is 4.63. The van der Waals surface area contributed by atoms with Gasteiger partial charge in [-0.15, -0.1) is 0 Å². The van der Waals surface area contributed by atoms with Gasteiger partial charge in [0.25, 0.3) is 0 Å². The fourth-order valence-corrected chi connectivity index (χ4v) is 2.94. The molecular weight excluding hydrogens is 350 g/mol. The molecule has 0 spiro atoms. The molecule has 5 heteroatoms. The number of aromatic nitrogens is 1. The molecule has 2 heterocycles. The average Bonchev–Trinajstić information content (AvgIpc) is 2.71. The summed E-state index contributed by atoms with van der Waals surface area (Å²) in [5.74, 6) is -0.192. The second-order valence-corrected chi connectivity index (χ2v) is 8.08. The van der Waals surface area contributed by atoms with Crippen molar-refractivity contribution in [2.75, 3.05) is 31.1 Å². The number of benzene rings is 1. The number of carbonyl (C=O) groups is 1. The largest absolute Gasteiger partial charge is 0.460 e. The van der Waals surface area contributed by atoms with E-state index in [9.17, 15) is 4.79 Å². The van der Waals surface area contributed by atoms with E-state index in [4.69, 9.17) is 4.74 Å². The van der Waals surface area contributed by atoms with Gasteiger partial charge in [-0.2, -0.15) is 0 Å². The summed E-state index contributed by atoms with van der Waals surface area (Å²) in [6, 6.07) is 12.2. The van der Waals surface area contributed by atoms with E-state index in [-0.39, 0.29) is 12.6 Å². The van der Waals surface area contributed by atoms with E-state index >= 15 is 0 Å². The third kappa shape index (κ3) is 5.67. The Kier molecular flexibility index (Phi) is 6.47. The summed E-state index contributed by atoms with van der Waals surface area (Å²) in [6.07, 6.45) is 5.97. The van der Waals surface area contributed by atoms with Gasteiger partial charge in [-0.1, -0.05) is 24.3 Å². The van der Waals surface area contributed by atoms with Gasteiger partial charge in [0, 0.05) is 26.2 Å². The van der Waals surface area contributed by atoms with Crippen LogP contribution < -0.4 is 10.2 Å². The SMILES string of the molecule is CC(C)(C)C(=O)OCc1cccc(C=Cc2ccc(N3CCNCC3)cn2)c1. The summed E-state index contributed by atoms with van der Waals surface area (Å²) in [7, 11) is 0. The predicted molar refractivity (Wildman–Crippen MR) is 114 cm³/mol. The first kappa shape index (κ1) is 20.1. The molecule has 0 saturated carbocycles. The molecule has 1 N–H and O–H groups in total. The number of anilines is 1. The van der Waals surface area contributed by atoms with Crippen molar-refractivity contribution in [2.24, 2.45) is 5.41 Å². The zero-order valence-corrected chi connectivity index (χ0v) is 16.9. The maximum absolute atomic E-state index is 11.9. The zero-order valence-electron chi connectivity index (χ0n) is 16.9. The second kappa shape index (κ2) is 9.02. The number of pyridine rings is 1. The van der Waals surface area contributed by atoms with Crippen molar-refractivity contribution in [3.8, 4) is 0 Å². The van der Waals surface area contributed by atoms with Gasteiger partial charge in [-0.3, -0.25) is 9.78 Å². The normalized spacial score (nSPS) is 15.0. The van der Waals surface area contributed by atoms with Crippen LogP contribution in [0.3, 0.4) is 0 Å². The number of nitrogens with zero attached hydrogens (tertiary/aromatic N) is 2. The molecule has 1 aliphatic heterocycles. The van der Waals surface area contributed by atoms with Gasteiger partial charge in [0.05, 0.1) is 23.0 Å². The smallest absolute Gasteiger partial charge is 0.311 e. The van der Waals surface area contributed by atoms with Gasteiger partial charge >= 0.3 is 5.97 Å². The first-order chi connectivity index (χ1) is 13.4. The lowest BCUT2D eigenvalue weighted by molar-refractivity contribution is -0.154. The Balaban J connectivity index is 1.60. The van der Waals surface area contributed by atoms with E-state index < -0.39 is 5.41 Å². The molecule has 0 amide bonds. The fraction of sp³-hybridized carbons (Fsp3) is 0.391. The third-order valence-corrected chi connectivity index (χ3v) is 4.63. The van der Waals surface area contributed by atoms with Crippen LogP contribution in [0.4, 0.5) is 5.69 Å². The number of ether oxygens (including phenoxy) is 1. The van der Waals surface area contributed by atoms with E-state index in [1.807, 2.05) is 69.5 Å². The van der Waals surface area contributed by atoms with Crippen LogP contribution in [0.2, 0.25) is 0 Å². The summed E-state index contributed by atoms with van der Waals surface area (Å²) in [5.41, 5.74) is 3.63. The highest BCUT2D eigenvalue weighted by Crippen LogP contribution is 2.18. The van der Waals surface area contributed by atoms with Crippen molar-refractivity contribution < 1.29 is 9.53 Å². The van der Waals surface area contributed by atoms with E-state index in [1.54, 1.807) is 0 Å². The van der Waals surface area contributed by atoms with Gasteiger partial charge in [0.1, 0.15) is 6.61 Å². The predicted octanol–water partition coefficient (Wildman–Crippen LogP) is 3.75. The maximum atomic E-state index is 11.9. The summed E-state index contributed by atoms with van der Waals surface area (Å²) in [6.45, 7) is 9.92. The Morgan fingerprint density at radius 1 is 1.18 bits per heavy atom. The van der Waals surface area contributed by atoms with Crippen molar-refractivity contribution in [3.63, 3.8) is 0 Å². The minimum atomic E-state index is -0.486. The van der Waals surface area contributed by atoms with Crippen LogP contribution in [0.25, 0.3) is 12.2 Å². The molecule has 3 rings (SSSR count). The average molecular weight is 380 g/mol. The minimum absolute atomic E-state index is 0.192. The Hall–Kier alpha value is -2.66. The lowest BCUT2D eigenvalue weighted by atomic mass is 9.97. The molecule has 0 unspecified atom stereocenters. The zero-order chi connectivity index (χ0) is 20.0. The van der Waals surface area contributed by atoms with Crippen molar-refractivity contribution in [3.05, 3.63) is 59.4 Å². The second-order valence-electron chi connectivity index (χ2n) is 8.08. The molecule has 1 aromatic carbocycles. The number of hydrogen-bond donors (Lipinski definition) is 1. The number of rotatable bonds is 5. The molecule has 1 saturated heterocycles. The van der Waals surface area contributed by atoms with Crippen molar-refractivity contribution in [2.45, 2.75) is 27.4 Å². The number of esters is 1. The number of hydrogen-bond acceptors (Lipinski definition) is 5. The van der Waals surface area contributed by atoms with Gasteiger partial charge in [0.2, 0.25) is 0 Å². The summed E-state index contributed by atoms with van der Waals surface area (Å²) in [5, 5.41) is 3.36. The van der Waals surface area contributed by atoms with Crippen LogP contribution in [-0.4, -0.2) is 37.1 Å². The molecule has 1 aromatic heterocycles. The molecule has 2 aromatic rings. The minimum Gasteiger partial charge on any atom is -0.460 e. The Morgan fingerprint density at radius 3 is 2.64 bits per heavy atom. The van der Waals surface area contributed by atoms with Crippen molar-refractivity contribution in [1.29, 1.82) is 0 Å². The van der Waals surface area contributed by atoms with Crippen molar-refractivity contribution >= 4 is 23.8 Å². The fourth-order valence-electron chi connectivity index (χ4n) is 2.94. The molecule has 28 heavy (non-hydrogen) atoms. The Morgan fingerprint density at radius 2 is 1.96 bits per heavy atom. The van der Waals surface area contributed by atoms with Crippen molar-refractivity contribution in [1.82, 2.24) is 10.3 Å². The molecule has 1 aliphatic rings. The first-order valence-corrected chi connectivity index (χ1v) is 9.78. The topological polar surface area (TPSA) is 54.5 Å². The van der Waals surface area contributed by atoms with Crippen LogP contribution in [0.1, 0.15) is 37.6 Å². The standard InChI is InChI=1S/C23H29N3O2/c1-23(2,3)22(27)28-17-19-6-4-5-18(15-19)7-8-20-9-10-21(16-25-20)26-13-11-24-12-14-26/h4-10,15-16,24H,11-14,17H2,1-3H3. The monoisotopic (exact) mass is 379 g/mol. The van der Waals surface area contributed by atoms with Crippen LogP contribution in [-0.2, 0) is 16.1 Å². The quantitative estimate of drug-likeness (QED) is 0.802. The lowest BCUT2D eigenvalue weighted by Crippen LogP contribution is -2.43. The van der Waals surface area contributed by atoms with Gasteiger partial charge in [0.15, 0.2) is 0 Å². The summed E-state index contributed by atoms with van der Waals surface area (Å²) in [4.78, 5) is 18.8. The molecule has 5 nitrogen and oxygen atoms in total. The molecule has 1 fully saturated rings. The van der Waals surface area contributed by atoms with E-state index in [1.165, 1.54) is 5.69 Å². The van der Waals surface area contributed by atoms with E-state index in [2.05, 4.69) is 21.3 Å². The number of piperazine rings is 1. The highest BCUT2D eigenvalue weighted by molar-refractivity contribution is 5.75. The van der Waals surface area contributed by atoms with Crippen LogP contribution in [0, 0.1) is 5.41 Å². The van der Waals surface area contributed by atoms with Gasteiger partial charge in [-0.25, -0.2) is 0 Å². The lowest BCUT2D eigenvalue weighted by Gasteiger charge is -2.29. The summed E-state index contributed by atoms with van der Waals surface area (Å²) >= 11 is 0.